The van der Waals surface area contributed by atoms with Crippen molar-refractivity contribution in [3.63, 3.8) is 0 Å². The summed E-state index contributed by atoms with van der Waals surface area (Å²) in [6, 6.07) is 12.9. The molecule has 0 saturated carbocycles. The lowest BCUT2D eigenvalue weighted by Gasteiger charge is -2.12. The first-order valence-corrected chi connectivity index (χ1v) is 5.18. The molecule has 0 atom stereocenters. The first kappa shape index (κ1) is 11.3. The van der Waals surface area contributed by atoms with Crippen molar-refractivity contribution in [1.29, 1.82) is 0 Å². The Kier molecular flexibility index (Phi) is 2.89. The fourth-order valence-corrected chi connectivity index (χ4v) is 1.60. The van der Waals surface area contributed by atoms with Gasteiger partial charge in [0.15, 0.2) is 0 Å². The molecule has 0 saturated heterocycles. The molecule has 0 aromatic heterocycles. The maximum atomic E-state index is 11.8. The summed E-state index contributed by atoms with van der Waals surface area (Å²) < 4.78 is 0. The SMILES string of the molecule is CC(=O)N(N)C(=O)c1ccc2ccccc2c1. The maximum Gasteiger partial charge on any atom is 0.274 e. The van der Waals surface area contributed by atoms with Crippen LogP contribution in [-0.4, -0.2) is 16.8 Å². The van der Waals surface area contributed by atoms with E-state index in [9.17, 15) is 9.59 Å². The molecule has 2 aromatic rings. The number of carbonyl (C=O) groups excluding carboxylic acids is 2. The van der Waals surface area contributed by atoms with Gasteiger partial charge in [0.2, 0.25) is 5.91 Å². The summed E-state index contributed by atoms with van der Waals surface area (Å²) >= 11 is 0. The number of carbonyl (C=O) groups is 2. The summed E-state index contributed by atoms with van der Waals surface area (Å²) in [6.07, 6.45) is 0. The highest BCUT2D eigenvalue weighted by Crippen LogP contribution is 2.16. The van der Waals surface area contributed by atoms with E-state index in [0.717, 1.165) is 10.8 Å². The average molecular weight is 228 g/mol. The van der Waals surface area contributed by atoms with Crippen LogP contribution >= 0.6 is 0 Å². The van der Waals surface area contributed by atoms with Crippen LogP contribution in [0.15, 0.2) is 42.5 Å². The largest absolute Gasteiger partial charge is 0.274 e. The van der Waals surface area contributed by atoms with Crippen LogP contribution in [0.4, 0.5) is 0 Å². The summed E-state index contributed by atoms with van der Waals surface area (Å²) in [7, 11) is 0. The van der Waals surface area contributed by atoms with Crippen LogP contribution in [0.1, 0.15) is 17.3 Å². The Morgan fingerprint density at radius 3 is 2.35 bits per heavy atom. The van der Waals surface area contributed by atoms with E-state index in [0.29, 0.717) is 10.6 Å². The monoisotopic (exact) mass is 228 g/mol. The normalized spacial score (nSPS) is 10.2. The van der Waals surface area contributed by atoms with Gasteiger partial charge in [-0.2, -0.15) is 0 Å². The highest BCUT2D eigenvalue weighted by molar-refractivity contribution is 6.05. The fourth-order valence-electron chi connectivity index (χ4n) is 1.60. The number of amides is 2. The molecule has 0 bridgehead atoms. The summed E-state index contributed by atoms with van der Waals surface area (Å²) in [5.41, 5.74) is 0.404. The molecule has 0 fully saturated rings. The lowest BCUT2D eigenvalue weighted by atomic mass is 10.1. The molecule has 0 aliphatic heterocycles. The molecule has 2 amide bonds. The van der Waals surface area contributed by atoms with E-state index < -0.39 is 11.8 Å². The van der Waals surface area contributed by atoms with Crippen LogP contribution in [-0.2, 0) is 4.79 Å². The molecule has 2 aromatic carbocycles. The smallest absolute Gasteiger partial charge is 0.273 e. The highest BCUT2D eigenvalue weighted by atomic mass is 16.2. The molecule has 0 unspecified atom stereocenters. The lowest BCUT2D eigenvalue weighted by Crippen LogP contribution is -2.41. The van der Waals surface area contributed by atoms with Gasteiger partial charge in [-0.05, 0) is 22.9 Å². The molecule has 0 heterocycles. The van der Waals surface area contributed by atoms with Gasteiger partial charge in [-0.1, -0.05) is 30.3 Å². The summed E-state index contributed by atoms with van der Waals surface area (Å²) in [6.45, 7) is 1.25. The van der Waals surface area contributed by atoms with Crippen LogP contribution in [0.3, 0.4) is 0 Å². The second-order valence-electron chi connectivity index (χ2n) is 3.76. The van der Waals surface area contributed by atoms with E-state index in [4.69, 9.17) is 5.84 Å². The van der Waals surface area contributed by atoms with E-state index in [1.807, 2.05) is 30.3 Å². The third kappa shape index (κ3) is 2.16. The number of imide groups is 1. The Hall–Kier alpha value is -2.20. The van der Waals surface area contributed by atoms with Gasteiger partial charge in [-0.3, -0.25) is 9.59 Å². The topological polar surface area (TPSA) is 63.4 Å². The Morgan fingerprint density at radius 2 is 1.71 bits per heavy atom. The zero-order valence-corrected chi connectivity index (χ0v) is 9.38. The van der Waals surface area contributed by atoms with Gasteiger partial charge in [-0.15, -0.1) is 0 Å². The van der Waals surface area contributed by atoms with Crippen molar-refractivity contribution in [2.45, 2.75) is 6.92 Å². The minimum absolute atomic E-state index is 0.404. The van der Waals surface area contributed by atoms with Crippen molar-refractivity contribution in [3.05, 3.63) is 48.0 Å². The first-order valence-electron chi connectivity index (χ1n) is 5.18. The maximum absolute atomic E-state index is 11.8. The predicted molar refractivity (Wildman–Crippen MR) is 65.0 cm³/mol. The highest BCUT2D eigenvalue weighted by Gasteiger charge is 2.15. The van der Waals surface area contributed by atoms with Gasteiger partial charge in [0.25, 0.3) is 5.91 Å². The first-order chi connectivity index (χ1) is 8.09. The number of hydrazine groups is 1. The number of fused-ring (bicyclic) bond motifs is 1. The van der Waals surface area contributed by atoms with E-state index in [1.165, 1.54) is 6.92 Å². The second-order valence-corrected chi connectivity index (χ2v) is 3.76. The minimum atomic E-state index is -0.497. The minimum Gasteiger partial charge on any atom is -0.273 e. The van der Waals surface area contributed by atoms with Gasteiger partial charge >= 0.3 is 0 Å². The molecule has 2 rings (SSSR count). The standard InChI is InChI=1S/C13H12N2O2/c1-9(16)15(14)13(17)12-7-6-10-4-2-3-5-11(10)8-12/h2-8H,14H2,1H3. The summed E-state index contributed by atoms with van der Waals surface area (Å²) in [4.78, 5) is 22.8. The third-order valence-electron chi connectivity index (χ3n) is 2.55. The van der Waals surface area contributed by atoms with Crippen molar-refractivity contribution in [2.24, 2.45) is 5.84 Å². The van der Waals surface area contributed by atoms with Gasteiger partial charge in [0.1, 0.15) is 0 Å². The Bertz CT molecular complexity index is 593. The number of hydrogen-bond acceptors (Lipinski definition) is 3. The molecule has 4 heteroatoms. The van der Waals surface area contributed by atoms with E-state index in [2.05, 4.69) is 0 Å². The molecule has 86 valence electrons. The molecule has 4 nitrogen and oxygen atoms in total. The van der Waals surface area contributed by atoms with Crippen LogP contribution in [0.2, 0.25) is 0 Å². The predicted octanol–water partition coefficient (Wildman–Crippen LogP) is 1.70. The molecule has 2 N–H and O–H groups in total. The van der Waals surface area contributed by atoms with E-state index in [-0.39, 0.29) is 0 Å². The van der Waals surface area contributed by atoms with E-state index in [1.54, 1.807) is 12.1 Å². The Balaban J connectivity index is 2.43. The number of nitrogens with two attached hydrogens (primary N) is 1. The molecular formula is C13H12N2O2. The number of benzene rings is 2. The molecule has 0 aliphatic rings. The Labute approximate surface area is 98.6 Å². The second kappa shape index (κ2) is 4.35. The van der Waals surface area contributed by atoms with Crippen molar-refractivity contribution in [2.75, 3.05) is 0 Å². The average Bonchev–Trinajstić information content (AvgIpc) is 2.36. The fraction of sp³-hybridized carbons (Fsp3) is 0.0769. The molecule has 0 radical (unpaired) electrons. The van der Waals surface area contributed by atoms with Crippen LogP contribution < -0.4 is 5.84 Å². The van der Waals surface area contributed by atoms with Crippen molar-refractivity contribution >= 4 is 22.6 Å². The van der Waals surface area contributed by atoms with Crippen molar-refractivity contribution in [1.82, 2.24) is 5.01 Å². The molecule has 0 spiro atoms. The zero-order valence-electron chi connectivity index (χ0n) is 9.38. The van der Waals surface area contributed by atoms with Crippen LogP contribution in [0.5, 0.6) is 0 Å². The van der Waals surface area contributed by atoms with Crippen LogP contribution in [0.25, 0.3) is 10.8 Å². The van der Waals surface area contributed by atoms with Gasteiger partial charge < -0.3 is 0 Å². The number of nitrogens with zero attached hydrogens (tertiary/aromatic N) is 1. The van der Waals surface area contributed by atoms with Crippen molar-refractivity contribution < 1.29 is 9.59 Å². The van der Waals surface area contributed by atoms with Crippen molar-refractivity contribution in [3.8, 4) is 0 Å². The third-order valence-corrected chi connectivity index (χ3v) is 2.55. The van der Waals surface area contributed by atoms with Gasteiger partial charge in [-0.25, -0.2) is 10.9 Å². The van der Waals surface area contributed by atoms with Gasteiger partial charge in [0, 0.05) is 12.5 Å². The van der Waals surface area contributed by atoms with Crippen LogP contribution in [0, 0.1) is 0 Å². The quantitative estimate of drug-likeness (QED) is 0.459. The van der Waals surface area contributed by atoms with E-state index >= 15 is 0 Å². The molecular weight excluding hydrogens is 216 g/mol. The zero-order chi connectivity index (χ0) is 12.4. The summed E-state index contributed by atoms with van der Waals surface area (Å²) in [5.74, 6) is 4.39. The molecule has 17 heavy (non-hydrogen) atoms. The van der Waals surface area contributed by atoms with Gasteiger partial charge in [0.05, 0.1) is 0 Å². The summed E-state index contributed by atoms with van der Waals surface area (Å²) in [5, 5.41) is 2.59. The number of rotatable bonds is 1. The Morgan fingerprint density at radius 1 is 1.06 bits per heavy atom. The number of hydrogen-bond donors (Lipinski definition) is 1. The lowest BCUT2D eigenvalue weighted by molar-refractivity contribution is -0.126. The molecule has 0 aliphatic carbocycles.